The smallest absolute Gasteiger partial charge is 0.101 e. The van der Waals surface area contributed by atoms with Gasteiger partial charge >= 0.3 is 0 Å². The molecule has 0 atom stereocenters. The van der Waals surface area contributed by atoms with E-state index in [1.807, 2.05) is 30.6 Å². The van der Waals surface area contributed by atoms with Gasteiger partial charge in [-0.25, -0.2) is 4.98 Å². The van der Waals surface area contributed by atoms with Gasteiger partial charge in [0.05, 0.1) is 35.2 Å². The molecule has 170 valence electrons. The molecule has 0 aliphatic carbocycles. The van der Waals surface area contributed by atoms with Crippen LogP contribution in [0.3, 0.4) is 0 Å². The van der Waals surface area contributed by atoms with Crippen LogP contribution in [0.1, 0.15) is 19.4 Å². The number of nitrogens with zero attached hydrogens (tertiary/aromatic N) is 5. The number of aromatic nitrogens is 4. The van der Waals surface area contributed by atoms with E-state index < -0.39 is 0 Å². The third kappa shape index (κ3) is 4.47. The van der Waals surface area contributed by atoms with Crippen molar-refractivity contribution < 1.29 is 4.74 Å². The predicted molar refractivity (Wildman–Crippen MR) is 132 cm³/mol. The van der Waals surface area contributed by atoms with Crippen molar-refractivity contribution in [1.29, 1.82) is 0 Å². The molecule has 7 nitrogen and oxygen atoms in total. The summed E-state index contributed by atoms with van der Waals surface area (Å²) in [6.07, 6.45) is 3.88. The molecule has 1 aliphatic rings. The molecule has 1 fully saturated rings. The maximum atomic E-state index is 5.29. The van der Waals surface area contributed by atoms with E-state index in [4.69, 9.17) is 14.7 Å². The molecule has 3 aromatic heterocycles. The van der Waals surface area contributed by atoms with Crippen LogP contribution in [0, 0.1) is 0 Å². The number of aromatic amines is 1. The highest BCUT2D eigenvalue weighted by Crippen LogP contribution is 2.31. The van der Waals surface area contributed by atoms with Crippen molar-refractivity contribution in [2.75, 3.05) is 38.2 Å². The van der Waals surface area contributed by atoms with Crippen molar-refractivity contribution >= 4 is 16.7 Å². The van der Waals surface area contributed by atoms with Crippen LogP contribution in [0.25, 0.3) is 33.5 Å². The molecular weight excluding hydrogens is 412 g/mol. The van der Waals surface area contributed by atoms with Crippen molar-refractivity contribution in [2.45, 2.75) is 26.5 Å². The third-order valence-corrected chi connectivity index (χ3v) is 6.36. The molecule has 5 rings (SSSR count). The molecule has 0 bridgehead atoms. The fourth-order valence-electron chi connectivity index (χ4n) is 4.50. The Balaban J connectivity index is 1.45. The van der Waals surface area contributed by atoms with Crippen LogP contribution >= 0.6 is 0 Å². The minimum Gasteiger partial charge on any atom is -0.380 e. The number of piperazine rings is 1. The van der Waals surface area contributed by atoms with Crippen LogP contribution in [-0.4, -0.2) is 64.4 Å². The molecule has 1 aliphatic heterocycles. The van der Waals surface area contributed by atoms with Crippen LogP contribution in [0.2, 0.25) is 0 Å². The molecule has 7 heteroatoms. The SMILES string of the molecule is COCc1cccc(-c2n[nH]cc2-c2ccc3ncc(N4CCN(C(C)C)CC4)cc3n2)c1. The maximum Gasteiger partial charge on any atom is 0.101 e. The van der Waals surface area contributed by atoms with Crippen LogP contribution in [0.15, 0.2) is 54.9 Å². The molecule has 1 aromatic carbocycles. The fourth-order valence-corrected chi connectivity index (χ4v) is 4.50. The lowest BCUT2D eigenvalue weighted by molar-refractivity contribution is 0.185. The first kappa shape index (κ1) is 21.6. The van der Waals surface area contributed by atoms with E-state index >= 15 is 0 Å². The monoisotopic (exact) mass is 442 g/mol. The summed E-state index contributed by atoms with van der Waals surface area (Å²) < 4.78 is 5.29. The van der Waals surface area contributed by atoms with Crippen molar-refractivity contribution in [1.82, 2.24) is 25.1 Å². The van der Waals surface area contributed by atoms with Gasteiger partial charge in [0.1, 0.15) is 5.69 Å². The van der Waals surface area contributed by atoms with Gasteiger partial charge in [-0.1, -0.05) is 18.2 Å². The number of ether oxygens (including phenoxy) is 1. The average Bonchev–Trinajstić information content (AvgIpc) is 3.34. The van der Waals surface area contributed by atoms with Crippen molar-refractivity contribution in [3.8, 4) is 22.5 Å². The number of hydrogen-bond donors (Lipinski definition) is 1. The molecule has 1 saturated heterocycles. The van der Waals surface area contributed by atoms with E-state index in [-0.39, 0.29) is 0 Å². The first-order valence-corrected chi connectivity index (χ1v) is 11.5. The summed E-state index contributed by atoms with van der Waals surface area (Å²) in [5.74, 6) is 0. The average molecular weight is 443 g/mol. The van der Waals surface area contributed by atoms with Gasteiger partial charge in [-0.05, 0) is 43.7 Å². The second-order valence-corrected chi connectivity index (χ2v) is 8.83. The van der Waals surface area contributed by atoms with E-state index in [1.165, 1.54) is 0 Å². The number of benzene rings is 1. The normalized spacial score (nSPS) is 15.0. The second-order valence-electron chi connectivity index (χ2n) is 8.83. The zero-order valence-corrected chi connectivity index (χ0v) is 19.5. The topological polar surface area (TPSA) is 70.2 Å². The minimum atomic E-state index is 0.571. The maximum absolute atomic E-state index is 5.29. The van der Waals surface area contributed by atoms with Gasteiger partial charge in [-0.3, -0.25) is 15.0 Å². The Kier molecular flexibility index (Phi) is 6.07. The lowest BCUT2D eigenvalue weighted by Crippen LogP contribution is -2.48. The summed E-state index contributed by atoms with van der Waals surface area (Å²) in [6.45, 7) is 9.26. The van der Waals surface area contributed by atoms with E-state index in [0.717, 1.165) is 71.0 Å². The number of pyridine rings is 2. The molecular formula is C26H30N6O. The summed E-state index contributed by atoms with van der Waals surface area (Å²) in [6, 6.07) is 15.1. The largest absolute Gasteiger partial charge is 0.380 e. The Labute approximate surface area is 194 Å². The lowest BCUT2D eigenvalue weighted by Gasteiger charge is -2.38. The molecule has 33 heavy (non-hydrogen) atoms. The molecule has 4 heterocycles. The standard InChI is InChI=1S/C26H30N6O/c1-18(2)31-9-11-32(12-10-31)21-14-25-24(27-15-21)8-7-23(29-25)22-16-28-30-26(22)20-6-4-5-19(13-20)17-33-3/h4-8,13-16,18H,9-12,17H2,1-3H3,(H,28,30). The highest BCUT2D eigenvalue weighted by atomic mass is 16.5. The molecule has 0 unspecified atom stereocenters. The number of methoxy groups -OCH3 is 1. The number of anilines is 1. The second kappa shape index (κ2) is 9.29. The van der Waals surface area contributed by atoms with Gasteiger partial charge in [0.15, 0.2) is 0 Å². The van der Waals surface area contributed by atoms with E-state index in [1.54, 1.807) is 7.11 Å². The van der Waals surface area contributed by atoms with Gasteiger partial charge in [0, 0.05) is 56.7 Å². The van der Waals surface area contributed by atoms with Crippen molar-refractivity contribution in [3.63, 3.8) is 0 Å². The Morgan fingerprint density at radius 1 is 1.03 bits per heavy atom. The summed E-state index contributed by atoms with van der Waals surface area (Å²) in [4.78, 5) is 14.6. The van der Waals surface area contributed by atoms with Crippen LogP contribution in [-0.2, 0) is 11.3 Å². The van der Waals surface area contributed by atoms with E-state index in [0.29, 0.717) is 12.6 Å². The van der Waals surface area contributed by atoms with Gasteiger partial charge in [-0.15, -0.1) is 0 Å². The third-order valence-electron chi connectivity index (χ3n) is 6.36. The number of H-pyrrole nitrogens is 1. The molecule has 0 amide bonds. The summed E-state index contributed by atoms with van der Waals surface area (Å²) in [7, 11) is 1.71. The van der Waals surface area contributed by atoms with Gasteiger partial charge in [0.25, 0.3) is 0 Å². The number of fused-ring (bicyclic) bond motifs is 1. The highest BCUT2D eigenvalue weighted by Gasteiger charge is 2.20. The highest BCUT2D eigenvalue weighted by molar-refractivity contribution is 5.84. The Hall–Kier alpha value is -3.29. The number of rotatable bonds is 6. The zero-order valence-electron chi connectivity index (χ0n) is 19.5. The van der Waals surface area contributed by atoms with Crippen LogP contribution < -0.4 is 4.90 Å². The fraction of sp³-hybridized carbons (Fsp3) is 0.346. The minimum absolute atomic E-state index is 0.571. The Morgan fingerprint density at radius 3 is 2.67 bits per heavy atom. The zero-order chi connectivity index (χ0) is 22.8. The van der Waals surface area contributed by atoms with E-state index in [2.05, 4.69) is 58.1 Å². The van der Waals surface area contributed by atoms with Crippen molar-refractivity contribution in [2.24, 2.45) is 0 Å². The number of nitrogens with one attached hydrogen (secondary N) is 1. The summed E-state index contributed by atoms with van der Waals surface area (Å²) in [5.41, 5.74) is 7.82. The van der Waals surface area contributed by atoms with Crippen LogP contribution in [0.4, 0.5) is 5.69 Å². The predicted octanol–water partition coefficient (Wildman–Crippen LogP) is 4.36. The molecule has 4 aromatic rings. The van der Waals surface area contributed by atoms with Gasteiger partial charge in [0.2, 0.25) is 0 Å². The summed E-state index contributed by atoms with van der Waals surface area (Å²) in [5, 5.41) is 7.54. The van der Waals surface area contributed by atoms with Crippen LogP contribution in [0.5, 0.6) is 0 Å². The Morgan fingerprint density at radius 2 is 1.88 bits per heavy atom. The molecule has 0 spiro atoms. The number of hydrogen-bond acceptors (Lipinski definition) is 6. The molecule has 1 N–H and O–H groups in total. The molecule has 0 radical (unpaired) electrons. The lowest BCUT2D eigenvalue weighted by atomic mass is 10.0. The first-order valence-electron chi connectivity index (χ1n) is 11.5. The van der Waals surface area contributed by atoms with E-state index in [9.17, 15) is 0 Å². The van der Waals surface area contributed by atoms with Gasteiger partial charge in [-0.2, -0.15) is 5.10 Å². The Bertz CT molecular complexity index is 1240. The quantitative estimate of drug-likeness (QED) is 0.478. The van der Waals surface area contributed by atoms with Crippen molar-refractivity contribution in [3.05, 3.63) is 60.4 Å². The van der Waals surface area contributed by atoms with Gasteiger partial charge < -0.3 is 9.64 Å². The summed E-state index contributed by atoms with van der Waals surface area (Å²) >= 11 is 0. The molecule has 0 saturated carbocycles. The first-order chi connectivity index (χ1) is 16.1.